The van der Waals surface area contributed by atoms with Gasteiger partial charge in [-0.15, -0.1) is 0 Å². The van der Waals surface area contributed by atoms with Crippen molar-refractivity contribution in [2.45, 2.75) is 27.4 Å². The maximum absolute atomic E-state index is 8.73. The fraction of sp³-hybridized carbons (Fsp3) is 0.350. The lowest BCUT2D eigenvalue weighted by Crippen LogP contribution is -2.11. The molecule has 0 radical (unpaired) electrons. The van der Waals surface area contributed by atoms with Crippen LogP contribution in [0.1, 0.15) is 29.2 Å². The Balaban J connectivity index is 2.11. The molecular weight excluding hydrogens is 316 g/mol. The molecule has 0 aliphatic carbocycles. The van der Waals surface area contributed by atoms with E-state index in [0.717, 1.165) is 5.56 Å². The number of nitrogens with zero attached hydrogens (tertiary/aromatic N) is 1. The molecule has 2 aromatic carbocycles. The molecule has 0 amide bonds. The molecule has 0 heterocycles. The second-order valence-electron chi connectivity index (χ2n) is 5.75. The number of nitrogens with one attached hydrogen (secondary N) is 1. The number of aryl methyl sites for hydroxylation is 2. The van der Waals surface area contributed by atoms with E-state index in [0.29, 0.717) is 31.3 Å². The summed E-state index contributed by atoms with van der Waals surface area (Å²) in [7, 11) is 0. The molecule has 2 N–H and O–H groups in total. The molecule has 0 spiro atoms. The lowest BCUT2D eigenvalue weighted by Gasteiger charge is -2.14. The highest BCUT2D eigenvalue weighted by atomic mass is 16.5. The number of benzene rings is 2. The van der Waals surface area contributed by atoms with Crippen LogP contribution >= 0.6 is 0 Å². The lowest BCUT2D eigenvalue weighted by molar-refractivity contribution is 0.269. The smallest absolute Gasteiger partial charge is 0.161 e. The number of hydrazone groups is 1. The van der Waals surface area contributed by atoms with Crippen LogP contribution in [0.2, 0.25) is 0 Å². The zero-order valence-corrected chi connectivity index (χ0v) is 15.1. The van der Waals surface area contributed by atoms with Gasteiger partial charge in [0.1, 0.15) is 6.61 Å². The topological polar surface area (TPSA) is 63.1 Å². The van der Waals surface area contributed by atoms with Gasteiger partial charge in [0.05, 0.1) is 26.0 Å². The minimum absolute atomic E-state index is 0.0483. The van der Waals surface area contributed by atoms with Crippen LogP contribution < -0.4 is 14.9 Å². The standard InChI is InChI=1S/C20H26N2O3/c1-4-24-20-12-17(13-22-21-9-10-23)7-8-19(20)25-14-18-11-15(2)5-6-16(18)3/h5-8,11-13,21,23H,4,9-10,14H2,1-3H3/b22-13+. The Morgan fingerprint density at radius 1 is 1.08 bits per heavy atom. The Kier molecular flexibility index (Phi) is 7.29. The summed E-state index contributed by atoms with van der Waals surface area (Å²) in [6.45, 7) is 7.63. The van der Waals surface area contributed by atoms with Crippen LogP contribution in [0.3, 0.4) is 0 Å². The molecule has 134 valence electrons. The van der Waals surface area contributed by atoms with E-state index in [1.165, 1.54) is 16.7 Å². The summed E-state index contributed by atoms with van der Waals surface area (Å²) in [5.41, 5.74) is 7.25. The van der Waals surface area contributed by atoms with E-state index in [1.54, 1.807) is 6.21 Å². The molecule has 25 heavy (non-hydrogen) atoms. The maximum Gasteiger partial charge on any atom is 0.161 e. The predicted octanol–water partition coefficient (Wildman–Crippen LogP) is 3.20. The maximum atomic E-state index is 8.73. The average molecular weight is 342 g/mol. The highest BCUT2D eigenvalue weighted by Crippen LogP contribution is 2.29. The Morgan fingerprint density at radius 3 is 2.68 bits per heavy atom. The van der Waals surface area contributed by atoms with Gasteiger partial charge in [0.2, 0.25) is 0 Å². The Labute approximate surface area is 149 Å². The van der Waals surface area contributed by atoms with Gasteiger partial charge in [-0.05, 0) is 55.7 Å². The quantitative estimate of drug-likeness (QED) is 0.417. The molecule has 0 saturated heterocycles. The predicted molar refractivity (Wildman–Crippen MR) is 101 cm³/mol. The lowest BCUT2D eigenvalue weighted by atomic mass is 10.1. The molecule has 0 bridgehead atoms. The van der Waals surface area contributed by atoms with Gasteiger partial charge in [-0.25, -0.2) is 0 Å². The molecule has 0 atom stereocenters. The number of hydrogen-bond donors (Lipinski definition) is 2. The molecule has 0 aliphatic heterocycles. The number of aliphatic hydroxyl groups excluding tert-OH is 1. The van der Waals surface area contributed by atoms with Crippen molar-refractivity contribution in [1.82, 2.24) is 5.43 Å². The van der Waals surface area contributed by atoms with Crippen molar-refractivity contribution < 1.29 is 14.6 Å². The molecule has 2 aromatic rings. The van der Waals surface area contributed by atoms with Crippen molar-refractivity contribution in [3.63, 3.8) is 0 Å². The highest BCUT2D eigenvalue weighted by molar-refractivity contribution is 5.80. The Bertz CT molecular complexity index is 714. The van der Waals surface area contributed by atoms with Crippen molar-refractivity contribution in [2.75, 3.05) is 19.8 Å². The minimum atomic E-state index is 0.0483. The fourth-order valence-corrected chi connectivity index (χ4v) is 2.34. The van der Waals surface area contributed by atoms with E-state index in [2.05, 4.69) is 42.6 Å². The first kappa shape index (κ1) is 18.8. The Morgan fingerprint density at radius 2 is 1.92 bits per heavy atom. The Hall–Kier alpha value is -2.53. The third kappa shape index (κ3) is 5.80. The van der Waals surface area contributed by atoms with Crippen LogP contribution in [0.4, 0.5) is 0 Å². The first-order valence-corrected chi connectivity index (χ1v) is 8.46. The molecule has 0 unspecified atom stereocenters. The summed E-state index contributed by atoms with van der Waals surface area (Å²) in [6, 6.07) is 12.1. The molecule has 5 heteroatoms. The second kappa shape index (κ2) is 9.69. The second-order valence-corrected chi connectivity index (χ2v) is 5.75. The van der Waals surface area contributed by atoms with Crippen molar-refractivity contribution in [2.24, 2.45) is 5.10 Å². The highest BCUT2D eigenvalue weighted by Gasteiger charge is 2.07. The van der Waals surface area contributed by atoms with Gasteiger partial charge in [-0.3, -0.25) is 0 Å². The molecule has 5 nitrogen and oxygen atoms in total. The summed E-state index contributed by atoms with van der Waals surface area (Å²) in [5.74, 6) is 1.40. The largest absolute Gasteiger partial charge is 0.490 e. The number of hydrogen-bond acceptors (Lipinski definition) is 5. The summed E-state index contributed by atoms with van der Waals surface area (Å²) in [4.78, 5) is 0. The molecule has 0 aliphatic rings. The van der Waals surface area contributed by atoms with Gasteiger partial charge in [-0.2, -0.15) is 5.10 Å². The van der Waals surface area contributed by atoms with E-state index >= 15 is 0 Å². The third-order valence-corrected chi connectivity index (χ3v) is 3.68. The number of ether oxygens (including phenoxy) is 2. The molecule has 2 rings (SSSR count). The van der Waals surface area contributed by atoms with Crippen LogP contribution in [0.5, 0.6) is 11.5 Å². The SMILES string of the molecule is CCOc1cc(/C=N/NCCO)ccc1OCc1cc(C)ccc1C. The number of aliphatic hydroxyl groups is 1. The van der Waals surface area contributed by atoms with Crippen LogP contribution in [-0.4, -0.2) is 31.1 Å². The van der Waals surface area contributed by atoms with Gasteiger partial charge >= 0.3 is 0 Å². The zero-order chi connectivity index (χ0) is 18.1. The van der Waals surface area contributed by atoms with Gasteiger partial charge in [0, 0.05) is 0 Å². The third-order valence-electron chi connectivity index (χ3n) is 3.68. The zero-order valence-electron chi connectivity index (χ0n) is 15.1. The van der Waals surface area contributed by atoms with Crippen LogP contribution in [-0.2, 0) is 6.61 Å². The van der Waals surface area contributed by atoms with Crippen LogP contribution in [0.15, 0.2) is 41.5 Å². The molecule has 0 saturated carbocycles. The van der Waals surface area contributed by atoms with Gasteiger partial charge in [0.15, 0.2) is 11.5 Å². The van der Waals surface area contributed by atoms with Gasteiger partial charge in [0.25, 0.3) is 0 Å². The van der Waals surface area contributed by atoms with Crippen molar-refractivity contribution >= 4 is 6.21 Å². The number of rotatable bonds is 9. The van der Waals surface area contributed by atoms with E-state index in [-0.39, 0.29) is 6.61 Å². The monoisotopic (exact) mass is 342 g/mol. The summed E-state index contributed by atoms with van der Waals surface area (Å²) >= 11 is 0. The minimum Gasteiger partial charge on any atom is -0.490 e. The van der Waals surface area contributed by atoms with Crippen LogP contribution in [0.25, 0.3) is 0 Å². The van der Waals surface area contributed by atoms with Gasteiger partial charge in [-0.1, -0.05) is 23.8 Å². The van der Waals surface area contributed by atoms with Gasteiger partial charge < -0.3 is 20.0 Å². The van der Waals surface area contributed by atoms with Crippen molar-refractivity contribution in [3.8, 4) is 11.5 Å². The first-order chi connectivity index (χ1) is 12.1. The van der Waals surface area contributed by atoms with Crippen molar-refractivity contribution in [1.29, 1.82) is 0 Å². The normalized spacial score (nSPS) is 10.9. The molecule has 0 aromatic heterocycles. The molecular formula is C20H26N2O3. The summed E-state index contributed by atoms with van der Waals surface area (Å²) in [6.07, 6.45) is 1.69. The fourth-order valence-electron chi connectivity index (χ4n) is 2.34. The van der Waals surface area contributed by atoms with E-state index < -0.39 is 0 Å². The summed E-state index contributed by atoms with van der Waals surface area (Å²) in [5, 5.41) is 12.8. The average Bonchev–Trinajstić information content (AvgIpc) is 2.61. The van der Waals surface area contributed by atoms with Crippen molar-refractivity contribution in [3.05, 3.63) is 58.7 Å². The van der Waals surface area contributed by atoms with E-state index in [4.69, 9.17) is 14.6 Å². The van der Waals surface area contributed by atoms with E-state index in [1.807, 2.05) is 25.1 Å². The summed E-state index contributed by atoms with van der Waals surface area (Å²) < 4.78 is 11.7. The molecule has 0 fully saturated rings. The van der Waals surface area contributed by atoms with E-state index in [9.17, 15) is 0 Å². The van der Waals surface area contributed by atoms with Crippen LogP contribution in [0, 0.1) is 13.8 Å². The first-order valence-electron chi connectivity index (χ1n) is 8.46.